The highest BCUT2D eigenvalue weighted by atomic mass is 32.1. The van der Waals surface area contributed by atoms with Gasteiger partial charge in [0.05, 0.1) is 26.9 Å². The topological polar surface area (TPSA) is 84.1 Å². The molecule has 0 bridgehead atoms. The van der Waals surface area contributed by atoms with Crippen molar-refractivity contribution in [1.29, 1.82) is 0 Å². The summed E-state index contributed by atoms with van der Waals surface area (Å²) >= 11 is 5.58. The second-order valence-electron chi connectivity index (χ2n) is 8.96. The van der Waals surface area contributed by atoms with E-state index in [0.29, 0.717) is 48.4 Å². The first-order valence-corrected chi connectivity index (χ1v) is 13.0. The number of benzene rings is 3. The molecule has 1 aliphatic heterocycles. The largest absolute Gasteiger partial charge is 0.494 e. The van der Waals surface area contributed by atoms with Gasteiger partial charge in [-0.3, -0.25) is 0 Å². The van der Waals surface area contributed by atoms with Gasteiger partial charge in [0.2, 0.25) is 0 Å². The number of anilines is 2. The van der Waals surface area contributed by atoms with Crippen LogP contribution in [0.4, 0.5) is 16.2 Å². The molecule has 2 amide bonds. The molecular weight excluding hydrogens is 500 g/mol. The molecule has 3 aromatic rings. The molecule has 0 saturated heterocycles. The zero-order valence-electron chi connectivity index (χ0n) is 22.2. The van der Waals surface area contributed by atoms with E-state index >= 15 is 0 Å². The van der Waals surface area contributed by atoms with Crippen LogP contribution in [0, 0.1) is 6.92 Å². The van der Waals surface area contributed by atoms with Crippen LogP contribution in [-0.2, 0) is 6.42 Å². The van der Waals surface area contributed by atoms with Crippen LogP contribution in [0.1, 0.15) is 29.7 Å². The van der Waals surface area contributed by atoms with Gasteiger partial charge in [0.25, 0.3) is 0 Å². The zero-order valence-corrected chi connectivity index (χ0v) is 23.0. The predicted octanol–water partition coefficient (Wildman–Crippen LogP) is 5.53. The Labute approximate surface area is 229 Å². The Bertz CT molecular complexity index is 1280. The summed E-state index contributed by atoms with van der Waals surface area (Å²) in [6, 6.07) is 18.8. The summed E-state index contributed by atoms with van der Waals surface area (Å²) in [7, 11) is 3.23. The van der Waals surface area contributed by atoms with Crippen LogP contribution < -0.4 is 30.2 Å². The fourth-order valence-corrected chi connectivity index (χ4v) is 4.78. The molecule has 9 heteroatoms. The van der Waals surface area contributed by atoms with Gasteiger partial charge in [0, 0.05) is 24.5 Å². The summed E-state index contributed by atoms with van der Waals surface area (Å²) < 4.78 is 16.6. The number of amides is 2. The van der Waals surface area contributed by atoms with Gasteiger partial charge in [-0.2, -0.15) is 0 Å². The summed E-state index contributed by atoms with van der Waals surface area (Å²) in [5, 5.41) is 10.0. The van der Waals surface area contributed by atoms with Crippen molar-refractivity contribution in [2.24, 2.45) is 0 Å². The van der Waals surface area contributed by atoms with E-state index in [2.05, 4.69) is 16.0 Å². The number of carbonyl (C=O) groups excluding carboxylic acids is 1. The van der Waals surface area contributed by atoms with Gasteiger partial charge in [-0.25, -0.2) is 4.79 Å². The number of nitrogens with zero attached hydrogens (tertiary/aromatic N) is 1. The Morgan fingerprint density at radius 3 is 2.42 bits per heavy atom. The summed E-state index contributed by atoms with van der Waals surface area (Å²) in [5.74, 6) is 2.04. The number of rotatable bonds is 8. The van der Waals surface area contributed by atoms with Crippen LogP contribution in [-0.4, -0.2) is 50.0 Å². The number of nitrogens with one attached hydrogen (secondary N) is 3. The van der Waals surface area contributed by atoms with Crippen molar-refractivity contribution in [3.05, 3.63) is 77.4 Å². The molecule has 1 unspecified atom stereocenters. The number of ether oxygens (including phenoxy) is 3. The Hall–Kier alpha value is -3.98. The standard InChI is InChI=1S/C29H34N4O4S/c1-5-37-23-11-9-21(10-12-23)32-29(34)33-14-13-20-16-26(35-3)27(36-4)17-24(20)25(33)18-30-28(38)31-22-8-6-7-19(2)15-22/h6-12,15-17,25H,5,13-14,18H2,1-4H3,(H,32,34)(H2,30,31,38). The lowest BCUT2D eigenvalue weighted by Crippen LogP contribution is -2.47. The lowest BCUT2D eigenvalue weighted by atomic mass is 9.92. The van der Waals surface area contributed by atoms with Gasteiger partial charge in [0.15, 0.2) is 16.6 Å². The molecule has 0 fully saturated rings. The lowest BCUT2D eigenvalue weighted by molar-refractivity contribution is 0.182. The van der Waals surface area contributed by atoms with Crippen molar-refractivity contribution in [3.63, 3.8) is 0 Å². The van der Waals surface area contributed by atoms with Crippen LogP contribution in [0.2, 0.25) is 0 Å². The van der Waals surface area contributed by atoms with Crippen LogP contribution in [0.3, 0.4) is 0 Å². The van der Waals surface area contributed by atoms with Crippen molar-refractivity contribution in [2.75, 3.05) is 44.5 Å². The number of fused-ring (bicyclic) bond motifs is 1. The average Bonchev–Trinajstić information content (AvgIpc) is 2.92. The molecular formula is C29H34N4O4S. The maximum atomic E-state index is 13.5. The van der Waals surface area contributed by atoms with Gasteiger partial charge in [0.1, 0.15) is 5.75 Å². The molecule has 0 aromatic heterocycles. The van der Waals surface area contributed by atoms with Gasteiger partial charge in [-0.15, -0.1) is 0 Å². The van der Waals surface area contributed by atoms with Crippen LogP contribution in [0.15, 0.2) is 60.7 Å². The highest BCUT2D eigenvalue weighted by molar-refractivity contribution is 7.80. The van der Waals surface area contributed by atoms with Crippen molar-refractivity contribution < 1.29 is 19.0 Å². The van der Waals surface area contributed by atoms with E-state index < -0.39 is 0 Å². The molecule has 0 radical (unpaired) electrons. The minimum atomic E-state index is -0.293. The first-order valence-electron chi connectivity index (χ1n) is 12.6. The molecule has 3 aromatic carbocycles. The minimum Gasteiger partial charge on any atom is -0.494 e. The molecule has 1 heterocycles. The zero-order chi connectivity index (χ0) is 27.1. The molecule has 1 aliphatic rings. The smallest absolute Gasteiger partial charge is 0.322 e. The lowest BCUT2D eigenvalue weighted by Gasteiger charge is -2.38. The monoisotopic (exact) mass is 534 g/mol. The highest BCUT2D eigenvalue weighted by Gasteiger charge is 2.32. The Balaban J connectivity index is 1.55. The summed E-state index contributed by atoms with van der Waals surface area (Å²) in [4.78, 5) is 15.3. The van der Waals surface area contributed by atoms with Crippen molar-refractivity contribution in [1.82, 2.24) is 10.2 Å². The third-order valence-corrected chi connectivity index (χ3v) is 6.66. The second kappa shape index (κ2) is 12.5. The van der Waals surface area contributed by atoms with Crippen LogP contribution in [0.25, 0.3) is 0 Å². The van der Waals surface area contributed by atoms with E-state index in [9.17, 15) is 4.79 Å². The number of hydrogen-bond acceptors (Lipinski definition) is 5. The number of methoxy groups -OCH3 is 2. The fourth-order valence-electron chi connectivity index (χ4n) is 4.58. The van der Waals surface area contributed by atoms with Crippen molar-refractivity contribution >= 4 is 34.7 Å². The quantitative estimate of drug-likeness (QED) is 0.328. The average molecular weight is 535 g/mol. The Kier molecular flexibility index (Phi) is 8.91. The van der Waals surface area contributed by atoms with Gasteiger partial charge in [-0.05, 0) is 97.7 Å². The van der Waals surface area contributed by atoms with E-state index in [1.807, 2.05) is 79.4 Å². The summed E-state index contributed by atoms with van der Waals surface area (Å²) in [5.41, 5.74) is 4.83. The van der Waals surface area contributed by atoms with E-state index in [0.717, 1.165) is 28.1 Å². The molecule has 8 nitrogen and oxygen atoms in total. The van der Waals surface area contributed by atoms with Crippen molar-refractivity contribution in [2.45, 2.75) is 26.3 Å². The SMILES string of the molecule is CCOc1ccc(NC(=O)N2CCc3cc(OC)c(OC)cc3C2CNC(=S)Nc2cccc(C)c2)cc1. The third kappa shape index (κ3) is 6.47. The van der Waals surface area contributed by atoms with E-state index in [1.165, 1.54) is 0 Å². The number of hydrogen-bond donors (Lipinski definition) is 3. The van der Waals surface area contributed by atoms with Crippen LogP contribution in [0.5, 0.6) is 17.2 Å². The van der Waals surface area contributed by atoms with E-state index in [4.69, 9.17) is 26.4 Å². The molecule has 1 atom stereocenters. The number of aryl methyl sites for hydroxylation is 1. The normalized spacial score (nSPS) is 14.2. The van der Waals surface area contributed by atoms with Crippen LogP contribution >= 0.6 is 12.2 Å². The Morgan fingerprint density at radius 1 is 1.00 bits per heavy atom. The fraction of sp³-hybridized carbons (Fsp3) is 0.310. The highest BCUT2D eigenvalue weighted by Crippen LogP contribution is 2.38. The summed E-state index contributed by atoms with van der Waals surface area (Å²) in [6.45, 7) is 5.50. The second-order valence-corrected chi connectivity index (χ2v) is 9.37. The number of urea groups is 1. The van der Waals surface area contributed by atoms with Gasteiger partial charge >= 0.3 is 6.03 Å². The molecule has 4 rings (SSSR count). The maximum absolute atomic E-state index is 13.5. The van der Waals surface area contributed by atoms with Crippen molar-refractivity contribution in [3.8, 4) is 17.2 Å². The van der Waals surface area contributed by atoms with E-state index in [-0.39, 0.29) is 12.1 Å². The third-order valence-electron chi connectivity index (χ3n) is 6.41. The molecule has 0 saturated carbocycles. The van der Waals surface area contributed by atoms with Gasteiger partial charge < -0.3 is 35.1 Å². The van der Waals surface area contributed by atoms with E-state index in [1.54, 1.807) is 14.2 Å². The first-order chi connectivity index (χ1) is 18.4. The molecule has 200 valence electrons. The molecule has 0 aliphatic carbocycles. The Morgan fingerprint density at radius 2 is 1.74 bits per heavy atom. The van der Waals surface area contributed by atoms with Gasteiger partial charge in [-0.1, -0.05) is 12.1 Å². The summed E-state index contributed by atoms with van der Waals surface area (Å²) in [6.07, 6.45) is 0.689. The molecule has 3 N–H and O–H groups in total. The predicted molar refractivity (Wildman–Crippen MR) is 155 cm³/mol. The molecule has 0 spiro atoms. The first kappa shape index (κ1) is 27.1. The maximum Gasteiger partial charge on any atom is 0.322 e. The molecule has 38 heavy (non-hydrogen) atoms. The minimum absolute atomic E-state index is 0.195. The number of carbonyl (C=O) groups is 1. The number of thiocarbonyl (C=S) groups is 1.